The van der Waals surface area contributed by atoms with Gasteiger partial charge in [-0.15, -0.1) is 0 Å². The van der Waals surface area contributed by atoms with E-state index in [1.165, 1.54) is 12.8 Å². The van der Waals surface area contributed by atoms with E-state index in [0.29, 0.717) is 6.04 Å². The first-order chi connectivity index (χ1) is 5.49. The molecule has 2 heteroatoms. The Morgan fingerprint density at radius 1 is 1.17 bits per heavy atom. The molecule has 0 unspecified atom stereocenters. The van der Waals surface area contributed by atoms with Gasteiger partial charge in [-0.05, 0) is 33.6 Å². The Morgan fingerprint density at radius 3 is 2.25 bits per heavy atom. The monoisotopic (exact) mass is 171 g/mol. The highest BCUT2D eigenvalue weighted by molar-refractivity contribution is 4.85. The molecule has 1 aliphatic carbocycles. The van der Waals surface area contributed by atoms with Crippen LogP contribution in [-0.4, -0.2) is 22.8 Å². The summed E-state index contributed by atoms with van der Waals surface area (Å²) in [6.45, 7) is 6.44. The molecule has 0 aromatic carbocycles. The van der Waals surface area contributed by atoms with Gasteiger partial charge in [-0.1, -0.05) is 12.8 Å². The smallest absolute Gasteiger partial charge is 0.0693 e. The van der Waals surface area contributed by atoms with Crippen molar-refractivity contribution < 1.29 is 5.11 Å². The molecule has 2 atom stereocenters. The summed E-state index contributed by atoms with van der Waals surface area (Å²) in [5, 5.41) is 13.1. The Kier molecular flexibility index (Phi) is 3.13. The van der Waals surface area contributed by atoms with Crippen LogP contribution in [0.2, 0.25) is 0 Å². The number of nitrogens with one attached hydrogen (secondary N) is 1. The average Bonchev–Trinajstić information content (AvgIpc) is 1.91. The van der Waals surface area contributed by atoms with Gasteiger partial charge in [-0.2, -0.15) is 0 Å². The molecule has 0 amide bonds. The average molecular weight is 171 g/mol. The highest BCUT2D eigenvalue weighted by Gasteiger charge is 2.26. The quantitative estimate of drug-likeness (QED) is 0.629. The highest BCUT2D eigenvalue weighted by atomic mass is 16.3. The van der Waals surface area contributed by atoms with Crippen LogP contribution < -0.4 is 5.32 Å². The fourth-order valence-electron chi connectivity index (χ4n) is 1.84. The van der Waals surface area contributed by atoms with Crippen molar-refractivity contribution in [3.8, 4) is 0 Å². The van der Waals surface area contributed by atoms with Crippen LogP contribution in [0, 0.1) is 0 Å². The van der Waals surface area contributed by atoms with Crippen molar-refractivity contribution in [2.24, 2.45) is 0 Å². The summed E-state index contributed by atoms with van der Waals surface area (Å²) in [4.78, 5) is 0. The predicted octanol–water partition coefficient (Wildman–Crippen LogP) is 1.68. The molecule has 1 rings (SSSR count). The molecule has 1 aliphatic rings. The van der Waals surface area contributed by atoms with Crippen LogP contribution >= 0.6 is 0 Å². The molecule has 1 saturated carbocycles. The van der Waals surface area contributed by atoms with E-state index in [9.17, 15) is 5.11 Å². The number of rotatable bonds is 1. The van der Waals surface area contributed by atoms with Crippen LogP contribution in [0.15, 0.2) is 0 Å². The third-order valence-electron chi connectivity index (χ3n) is 2.35. The summed E-state index contributed by atoms with van der Waals surface area (Å²) in [6.07, 6.45) is 4.40. The minimum absolute atomic E-state index is 0.127. The highest BCUT2D eigenvalue weighted by Crippen LogP contribution is 2.20. The Bertz CT molecular complexity index is 139. The number of hydrogen-bond acceptors (Lipinski definition) is 2. The van der Waals surface area contributed by atoms with Gasteiger partial charge in [0, 0.05) is 11.6 Å². The molecule has 0 radical (unpaired) electrons. The van der Waals surface area contributed by atoms with Crippen LogP contribution in [0.3, 0.4) is 0 Å². The number of aliphatic hydroxyl groups excluding tert-OH is 1. The standard InChI is InChI=1S/C10H21NO/c1-10(2,3)11-8-6-4-5-7-9(8)12/h8-9,11-12H,4-7H2,1-3H3/t8-,9+/m1/s1. The van der Waals surface area contributed by atoms with E-state index in [0.717, 1.165) is 12.8 Å². The molecule has 0 aromatic rings. The van der Waals surface area contributed by atoms with Crippen molar-refractivity contribution in [3.05, 3.63) is 0 Å². The first-order valence-corrected chi connectivity index (χ1v) is 4.95. The Balaban J connectivity index is 2.39. The third kappa shape index (κ3) is 3.11. The van der Waals surface area contributed by atoms with E-state index in [4.69, 9.17) is 0 Å². The summed E-state index contributed by atoms with van der Waals surface area (Å²) in [5.74, 6) is 0. The van der Waals surface area contributed by atoms with Crippen LogP contribution in [-0.2, 0) is 0 Å². The molecule has 0 aromatic heterocycles. The fraction of sp³-hybridized carbons (Fsp3) is 1.00. The minimum Gasteiger partial charge on any atom is -0.392 e. The first-order valence-electron chi connectivity index (χ1n) is 4.95. The molecule has 72 valence electrons. The molecule has 0 bridgehead atoms. The molecule has 2 nitrogen and oxygen atoms in total. The van der Waals surface area contributed by atoms with Crippen molar-refractivity contribution in [1.29, 1.82) is 0 Å². The molecular weight excluding hydrogens is 150 g/mol. The largest absolute Gasteiger partial charge is 0.392 e. The summed E-state index contributed by atoms with van der Waals surface area (Å²) < 4.78 is 0. The number of hydrogen-bond donors (Lipinski definition) is 2. The van der Waals surface area contributed by atoms with Crippen molar-refractivity contribution in [1.82, 2.24) is 5.32 Å². The van der Waals surface area contributed by atoms with Gasteiger partial charge in [-0.3, -0.25) is 0 Å². The van der Waals surface area contributed by atoms with E-state index in [1.54, 1.807) is 0 Å². The molecule has 12 heavy (non-hydrogen) atoms. The summed E-state index contributed by atoms with van der Waals surface area (Å²) >= 11 is 0. The molecule has 0 heterocycles. The first kappa shape index (κ1) is 10.0. The maximum Gasteiger partial charge on any atom is 0.0693 e. The van der Waals surface area contributed by atoms with Gasteiger partial charge in [-0.25, -0.2) is 0 Å². The normalized spacial score (nSPS) is 32.0. The summed E-state index contributed by atoms with van der Waals surface area (Å²) in [6, 6.07) is 0.318. The SMILES string of the molecule is CC(C)(C)N[C@@H]1CCCC[C@@H]1O. The third-order valence-corrected chi connectivity index (χ3v) is 2.35. The molecule has 0 spiro atoms. The molecule has 0 saturated heterocycles. The van der Waals surface area contributed by atoms with Gasteiger partial charge >= 0.3 is 0 Å². The Hall–Kier alpha value is -0.0800. The van der Waals surface area contributed by atoms with Crippen LogP contribution in [0.5, 0.6) is 0 Å². The second-order valence-electron chi connectivity index (χ2n) is 4.85. The van der Waals surface area contributed by atoms with Gasteiger partial charge in [0.25, 0.3) is 0 Å². The van der Waals surface area contributed by atoms with E-state index >= 15 is 0 Å². The van der Waals surface area contributed by atoms with Gasteiger partial charge in [0.05, 0.1) is 6.10 Å². The maximum absolute atomic E-state index is 9.67. The lowest BCUT2D eigenvalue weighted by molar-refractivity contribution is 0.0781. The van der Waals surface area contributed by atoms with E-state index in [-0.39, 0.29) is 11.6 Å². The van der Waals surface area contributed by atoms with Crippen LogP contribution in [0.1, 0.15) is 46.5 Å². The second kappa shape index (κ2) is 3.75. The fourth-order valence-corrected chi connectivity index (χ4v) is 1.84. The van der Waals surface area contributed by atoms with Gasteiger partial charge in [0.1, 0.15) is 0 Å². The maximum atomic E-state index is 9.67. The van der Waals surface area contributed by atoms with Gasteiger partial charge in [0.2, 0.25) is 0 Å². The lowest BCUT2D eigenvalue weighted by atomic mass is 9.91. The molecule has 0 aliphatic heterocycles. The van der Waals surface area contributed by atoms with E-state index in [2.05, 4.69) is 26.1 Å². The molecule has 2 N–H and O–H groups in total. The molecular formula is C10H21NO. The lowest BCUT2D eigenvalue weighted by Gasteiger charge is -2.34. The molecule has 1 fully saturated rings. The van der Waals surface area contributed by atoms with Crippen molar-refractivity contribution in [2.75, 3.05) is 0 Å². The van der Waals surface area contributed by atoms with Crippen LogP contribution in [0.4, 0.5) is 0 Å². The van der Waals surface area contributed by atoms with Crippen molar-refractivity contribution in [2.45, 2.75) is 64.1 Å². The van der Waals surface area contributed by atoms with E-state index in [1.807, 2.05) is 0 Å². The zero-order valence-electron chi connectivity index (χ0n) is 8.43. The van der Waals surface area contributed by atoms with Gasteiger partial charge < -0.3 is 10.4 Å². The lowest BCUT2D eigenvalue weighted by Crippen LogP contribution is -2.50. The number of aliphatic hydroxyl groups is 1. The van der Waals surface area contributed by atoms with Gasteiger partial charge in [0.15, 0.2) is 0 Å². The second-order valence-corrected chi connectivity index (χ2v) is 4.85. The Morgan fingerprint density at radius 2 is 1.75 bits per heavy atom. The Labute approximate surface area is 75.4 Å². The van der Waals surface area contributed by atoms with Crippen molar-refractivity contribution in [3.63, 3.8) is 0 Å². The van der Waals surface area contributed by atoms with Crippen LogP contribution in [0.25, 0.3) is 0 Å². The zero-order valence-corrected chi connectivity index (χ0v) is 8.43. The topological polar surface area (TPSA) is 32.3 Å². The zero-order chi connectivity index (χ0) is 9.19. The summed E-state index contributed by atoms with van der Waals surface area (Å²) in [5.41, 5.74) is 0.128. The summed E-state index contributed by atoms with van der Waals surface area (Å²) in [7, 11) is 0. The minimum atomic E-state index is -0.127. The predicted molar refractivity (Wildman–Crippen MR) is 51.2 cm³/mol. The van der Waals surface area contributed by atoms with Crippen molar-refractivity contribution >= 4 is 0 Å². The van der Waals surface area contributed by atoms with E-state index < -0.39 is 0 Å².